The molecule has 0 spiro atoms. The van der Waals surface area contributed by atoms with E-state index in [-0.39, 0.29) is 0 Å². The van der Waals surface area contributed by atoms with Crippen LogP contribution in [0.3, 0.4) is 0 Å². The van der Waals surface area contributed by atoms with Crippen LogP contribution < -0.4 is 0 Å². The van der Waals surface area contributed by atoms with Gasteiger partial charge in [-0.05, 0) is 18.8 Å². The molecule has 1 rings (SSSR count). The second kappa shape index (κ2) is 6.63. The summed E-state index contributed by atoms with van der Waals surface area (Å²) in [5, 5.41) is 0. The number of hydrogen-bond acceptors (Lipinski definition) is 1. The molecule has 0 aliphatic carbocycles. The van der Waals surface area contributed by atoms with E-state index in [1.54, 1.807) is 0 Å². The predicted molar refractivity (Wildman–Crippen MR) is 60.2 cm³/mol. The summed E-state index contributed by atoms with van der Waals surface area (Å²) in [6.45, 7) is 5.68. The molecule has 0 aromatic carbocycles. The minimum absolute atomic E-state index is 0.842. The standard InChI is InChI=1S/C12H22N2/c1-3-5-7-12(6-4-2)10-14-9-8-13-11-14/h8-9,11-12H,3-7,10H2,1-2H3. The van der Waals surface area contributed by atoms with E-state index in [0.717, 1.165) is 12.5 Å². The van der Waals surface area contributed by atoms with E-state index in [2.05, 4.69) is 29.6 Å². The van der Waals surface area contributed by atoms with E-state index in [4.69, 9.17) is 0 Å². The van der Waals surface area contributed by atoms with Crippen LogP contribution in [0.1, 0.15) is 46.0 Å². The van der Waals surface area contributed by atoms with Crippen molar-refractivity contribution < 1.29 is 0 Å². The SMILES string of the molecule is CCCCC(CCC)Cn1ccnc1. The van der Waals surface area contributed by atoms with E-state index in [1.165, 1.54) is 32.1 Å². The molecule has 0 N–H and O–H groups in total. The third-order valence-electron chi connectivity index (χ3n) is 2.69. The highest BCUT2D eigenvalue weighted by Crippen LogP contribution is 2.16. The van der Waals surface area contributed by atoms with Crippen molar-refractivity contribution in [3.05, 3.63) is 18.7 Å². The molecule has 0 saturated carbocycles. The number of rotatable bonds is 7. The summed E-state index contributed by atoms with van der Waals surface area (Å²) in [4.78, 5) is 4.08. The third-order valence-corrected chi connectivity index (χ3v) is 2.69. The van der Waals surface area contributed by atoms with Crippen molar-refractivity contribution in [2.24, 2.45) is 5.92 Å². The lowest BCUT2D eigenvalue weighted by Crippen LogP contribution is -2.09. The largest absolute Gasteiger partial charge is 0.337 e. The molecule has 1 heterocycles. The smallest absolute Gasteiger partial charge is 0.0945 e. The van der Waals surface area contributed by atoms with Crippen molar-refractivity contribution in [1.82, 2.24) is 9.55 Å². The lowest BCUT2D eigenvalue weighted by molar-refractivity contribution is 0.374. The summed E-state index contributed by atoms with van der Waals surface area (Å²) in [7, 11) is 0. The first-order chi connectivity index (χ1) is 6.86. The second-order valence-electron chi connectivity index (χ2n) is 4.06. The Morgan fingerprint density at radius 2 is 2.07 bits per heavy atom. The molecule has 1 aromatic heterocycles. The highest BCUT2D eigenvalue weighted by molar-refractivity contribution is 4.75. The Labute approximate surface area is 87.4 Å². The van der Waals surface area contributed by atoms with Gasteiger partial charge < -0.3 is 4.57 Å². The molecule has 1 aromatic rings. The van der Waals surface area contributed by atoms with Gasteiger partial charge in [0.2, 0.25) is 0 Å². The fraction of sp³-hybridized carbons (Fsp3) is 0.750. The normalized spacial score (nSPS) is 13.0. The van der Waals surface area contributed by atoms with E-state index in [0.29, 0.717) is 0 Å². The van der Waals surface area contributed by atoms with Gasteiger partial charge in [0, 0.05) is 18.9 Å². The Balaban J connectivity index is 2.34. The van der Waals surface area contributed by atoms with Crippen LogP contribution in [-0.4, -0.2) is 9.55 Å². The van der Waals surface area contributed by atoms with Crippen molar-refractivity contribution in [3.63, 3.8) is 0 Å². The van der Waals surface area contributed by atoms with Gasteiger partial charge in [0.25, 0.3) is 0 Å². The number of unbranched alkanes of at least 4 members (excludes halogenated alkanes) is 1. The van der Waals surface area contributed by atoms with Gasteiger partial charge in [0.15, 0.2) is 0 Å². The molecule has 2 heteroatoms. The Bertz CT molecular complexity index is 216. The average molecular weight is 194 g/mol. The summed E-state index contributed by atoms with van der Waals surface area (Å²) in [6, 6.07) is 0. The molecule has 0 bridgehead atoms. The zero-order chi connectivity index (χ0) is 10.2. The Kier molecular flexibility index (Phi) is 5.35. The average Bonchev–Trinajstić information content (AvgIpc) is 2.67. The van der Waals surface area contributed by atoms with Gasteiger partial charge in [-0.15, -0.1) is 0 Å². The summed E-state index contributed by atoms with van der Waals surface area (Å²) >= 11 is 0. The van der Waals surface area contributed by atoms with Crippen LogP contribution in [0.4, 0.5) is 0 Å². The summed E-state index contributed by atoms with van der Waals surface area (Å²) in [5.74, 6) is 0.842. The van der Waals surface area contributed by atoms with Crippen molar-refractivity contribution in [3.8, 4) is 0 Å². The maximum absolute atomic E-state index is 4.08. The van der Waals surface area contributed by atoms with E-state index < -0.39 is 0 Å². The third kappa shape index (κ3) is 3.95. The van der Waals surface area contributed by atoms with Gasteiger partial charge in [-0.3, -0.25) is 0 Å². The molecule has 1 unspecified atom stereocenters. The van der Waals surface area contributed by atoms with Crippen molar-refractivity contribution in [2.45, 2.75) is 52.5 Å². The number of hydrogen-bond donors (Lipinski definition) is 0. The van der Waals surface area contributed by atoms with Crippen LogP contribution in [0.5, 0.6) is 0 Å². The van der Waals surface area contributed by atoms with Gasteiger partial charge in [0.05, 0.1) is 6.33 Å². The Morgan fingerprint density at radius 1 is 1.21 bits per heavy atom. The Hall–Kier alpha value is -0.790. The summed E-state index contributed by atoms with van der Waals surface area (Å²) in [6.07, 6.45) is 12.5. The molecule has 1 atom stereocenters. The first kappa shape index (κ1) is 11.3. The number of imidazole rings is 1. The van der Waals surface area contributed by atoms with Crippen LogP contribution in [-0.2, 0) is 6.54 Å². The molecular weight excluding hydrogens is 172 g/mol. The lowest BCUT2D eigenvalue weighted by atomic mass is 9.97. The van der Waals surface area contributed by atoms with E-state index in [1.807, 2.05) is 12.5 Å². The van der Waals surface area contributed by atoms with Crippen molar-refractivity contribution in [2.75, 3.05) is 0 Å². The van der Waals surface area contributed by atoms with E-state index >= 15 is 0 Å². The quantitative estimate of drug-likeness (QED) is 0.649. The van der Waals surface area contributed by atoms with Crippen LogP contribution in [0.25, 0.3) is 0 Å². The number of nitrogens with zero attached hydrogens (tertiary/aromatic N) is 2. The van der Waals surface area contributed by atoms with Crippen LogP contribution in [0.15, 0.2) is 18.7 Å². The molecule has 2 nitrogen and oxygen atoms in total. The minimum Gasteiger partial charge on any atom is -0.337 e. The van der Waals surface area contributed by atoms with Crippen molar-refractivity contribution >= 4 is 0 Å². The number of aromatic nitrogens is 2. The minimum atomic E-state index is 0.842. The van der Waals surface area contributed by atoms with E-state index in [9.17, 15) is 0 Å². The maximum atomic E-state index is 4.08. The van der Waals surface area contributed by atoms with Gasteiger partial charge in [-0.2, -0.15) is 0 Å². The molecule has 0 aliphatic heterocycles. The molecule has 0 amide bonds. The van der Waals surface area contributed by atoms with Gasteiger partial charge in [-0.1, -0.05) is 33.1 Å². The molecule has 14 heavy (non-hydrogen) atoms. The maximum Gasteiger partial charge on any atom is 0.0945 e. The Morgan fingerprint density at radius 3 is 2.64 bits per heavy atom. The van der Waals surface area contributed by atoms with Gasteiger partial charge in [0.1, 0.15) is 0 Å². The highest BCUT2D eigenvalue weighted by Gasteiger charge is 2.07. The summed E-state index contributed by atoms with van der Waals surface area (Å²) in [5.41, 5.74) is 0. The predicted octanol–water partition coefficient (Wildman–Crippen LogP) is 3.49. The molecule has 80 valence electrons. The van der Waals surface area contributed by atoms with Crippen LogP contribution >= 0.6 is 0 Å². The van der Waals surface area contributed by atoms with Gasteiger partial charge in [-0.25, -0.2) is 4.98 Å². The zero-order valence-corrected chi connectivity index (χ0v) is 9.45. The summed E-state index contributed by atoms with van der Waals surface area (Å²) < 4.78 is 2.20. The molecular formula is C12H22N2. The highest BCUT2D eigenvalue weighted by atomic mass is 15.0. The fourth-order valence-corrected chi connectivity index (χ4v) is 1.92. The lowest BCUT2D eigenvalue weighted by Gasteiger charge is -2.15. The second-order valence-corrected chi connectivity index (χ2v) is 4.06. The monoisotopic (exact) mass is 194 g/mol. The van der Waals surface area contributed by atoms with Crippen LogP contribution in [0, 0.1) is 5.92 Å². The molecule has 0 saturated heterocycles. The topological polar surface area (TPSA) is 17.8 Å². The molecule has 0 fully saturated rings. The van der Waals surface area contributed by atoms with Crippen LogP contribution in [0.2, 0.25) is 0 Å². The van der Waals surface area contributed by atoms with Gasteiger partial charge >= 0.3 is 0 Å². The molecule has 0 aliphatic rings. The van der Waals surface area contributed by atoms with Crippen molar-refractivity contribution in [1.29, 1.82) is 0 Å². The first-order valence-corrected chi connectivity index (χ1v) is 5.82. The zero-order valence-electron chi connectivity index (χ0n) is 9.45. The first-order valence-electron chi connectivity index (χ1n) is 5.82. The fourth-order valence-electron chi connectivity index (χ4n) is 1.92. The molecule has 0 radical (unpaired) electrons.